The molecule has 1 aliphatic heterocycles. The van der Waals surface area contributed by atoms with E-state index in [0.717, 1.165) is 27.6 Å². The number of hydrogen-bond acceptors (Lipinski definition) is 2. The molecule has 3 nitrogen and oxygen atoms in total. The summed E-state index contributed by atoms with van der Waals surface area (Å²) in [5, 5.41) is 2.47. The lowest BCUT2D eigenvalue weighted by molar-refractivity contribution is 1.12. The number of fused-ring (bicyclic) bond motifs is 4. The van der Waals surface area contributed by atoms with E-state index < -0.39 is 0 Å². The standard InChI is InChI=1S/C24H15N3S/c1-2-7-17(8-3-1)26-16-27(22-11-5-4-10-21(22)26)18-12-13-19-20-9-6-14-25-24(20)28-23(19)15-18/h1-15H/q+2. The predicted octanol–water partition coefficient (Wildman–Crippen LogP) is 6.31. The van der Waals surface area contributed by atoms with Crippen LogP contribution in [0.3, 0.4) is 0 Å². The predicted molar refractivity (Wildman–Crippen MR) is 118 cm³/mol. The largest absolute Gasteiger partial charge is 0.503 e. The average Bonchev–Trinajstić information content (AvgIpc) is 3.32. The number of pyridine rings is 1. The van der Waals surface area contributed by atoms with E-state index in [9.17, 15) is 0 Å². The van der Waals surface area contributed by atoms with Crippen LogP contribution in [-0.4, -0.2) is 11.0 Å². The summed E-state index contributed by atoms with van der Waals surface area (Å²) in [6.45, 7) is 0. The molecule has 5 aromatic rings. The second-order valence-electron chi connectivity index (χ2n) is 6.73. The van der Waals surface area contributed by atoms with Gasteiger partial charge in [-0.25, -0.2) is 4.98 Å². The van der Waals surface area contributed by atoms with Gasteiger partial charge in [-0.15, -0.1) is 11.3 Å². The molecule has 0 N–H and O–H groups in total. The Hall–Kier alpha value is -3.59. The molecule has 130 valence electrons. The van der Waals surface area contributed by atoms with Crippen molar-refractivity contribution < 1.29 is 0 Å². The van der Waals surface area contributed by atoms with Crippen LogP contribution in [0.4, 0.5) is 22.7 Å². The van der Waals surface area contributed by atoms with Gasteiger partial charge in [0.2, 0.25) is 11.4 Å². The maximum Gasteiger partial charge on any atom is 0.503 e. The second kappa shape index (κ2) is 5.96. The Morgan fingerprint density at radius 1 is 0.679 bits per heavy atom. The molecule has 2 aromatic heterocycles. The topological polar surface area (TPSA) is 18.9 Å². The van der Waals surface area contributed by atoms with Crippen molar-refractivity contribution in [1.82, 2.24) is 14.1 Å². The molecular weight excluding hydrogens is 362 g/mol. The van der Waals surface area contributed by atoms with E-state index in [1.54, 1.807) is 11.3 Å². The van der Waals surface area contributed by atoms with E-state index in [0.29, 0.717) is 0 Å². The number of thiophene rings is 1. The molecule has 0 fully saturated rings. The van der Waals surface area contributed by atoms with Crippen LogP contribution in [0.15, 0.2) is 91.1 Å². The Bertz CT molecular complexity index is 1440. The van der Waals surface area contributed by atoms with Crippen LogP contribution in [0.5, 0.6) is 0 Å². The zero-order chi connectivity index (χ0) is 18.5. The first-order valence-corrected chi connectivity index (χ1v) is 9.98. The van der Waals surface area contributed by atoms with Crippen molar-refractivity contribution in [1.29, 1.82) is 0 Å². The van der Waals surface area contributed by atoms with Crippen LogP contribution in [0, 0.1) is 0 Å². The molecule has 3 aromatic carbocycles. The van der Waals surface area contributed by atoms with Gasteiger partial charge in [0.05, 0.1) is 0 Å². The SMILES string of the molecule is C1=[N+](c2ccccc2)c2ccccc2[N+]=1c1ccc2c(c1)sc1ncccc12. The number of benzene rings is 3. The molecule has 0 atom stereocenters. The molecule has 28 heavy (non-hydrogen) atoms. The number of aromatic nitrogens is 1. The molecule has 0 bridgehead atoms. The smallest absolute Gasteiger partial charge is 0.245 e. The summed E-state index contributed by atoms with van der Waals surface area (Å²) in [7, 11) is 0. The molecule has 0 unspecified atom stereocenters. The zero-order valence-corrected chi connectivity index (χ0v) is 15.7. The van der Waals surface area contributed by atoms with Crippen LogP contribution in [0.25, 0.3) is 20.3 Å². The van der Waals surface area contributed by atoms with Gasteiger partial charge in [-0.1, -0.05) is 30.3 Å². The molecule has 1 aliphatic rings. The molecule has 4 heteroatoms. The van der Waals surface area contributed by atoms with Gasteiger partial charge in [0, 0.05) is 58.1 Å². The van der Waals surface area contributed by atoms with Crippen LogP contribution < -0.4 is 9.15 Å². The van der Waals surface area contributed by atoms with Crippen molar-refractivity contribution in [3.05, 3.63) is 91.1 Å². The van der Waals surface area contributed by atoms with Crippen molar-refractivity contribution in [2.24, 2.45) is 0 Å². The van der Waals surface area contributed by atoms with E-state index in [-0.39, 0.29) is 0 Å². The fourth-order valence-corrected chi connectivity index (χ4v) is 4.84. The van der Waals surface area contributed by atoms with Crippen molar-refractivity contribution in [2.45, 2.75) is 0 Å². The van der Waals surface area contributed by atoms with Crippen LogP contribution in [-0.2, 0) is 0 Å². The van der Waals surface area contributed by atoms with Gasteiger partial charge in [0.25, 0.3) is 11.4 Å². The molecule has 0 saturated carbocycles. The van der Waals surface area contributed by atoms with Gasteiger partial charge in [0.15, 0.2) is 0 Å². The highest BCUT2D eigenvalue weighted by atomic mass is 32.1. The maximum absolute atomic E-state index is 4.51. The van der Waals surface area contributed by atoms with E-state index in [4.69, 9.17) is 0 Å². The third-order valence-electron chi connectivity index (χ3n) is 5.07. The van der Waals surface area contributed by atoms with Crippen LogP contribution in [0.2, 0.25) is 0 Å². The summed E-state index contributed by atoms with van der Waals surface area (Å²) in [5.41, 5.74) is 4.46. The van der Waals surface area contributed by atoms with Gasteiger partial charge in [-0.3, -0.25) is 0 Å². The first-order valence-electron chi connectivity index (χ1n) is 9.16. The number of para-hydroxylation sites is 3. The fraction of sp³-hybridized carbons (Fsp3) is 0. The molecule has 0 radical (unpaired) electrons. The second-order valence-corrected chi connectivity index (χ2v) is 7.76. The quantitative estimate of drug-likeness (QED) is 0.324. The Kier molecular flexibility index (Phi) is 3.29. The lowest BCUT2D eigenvalue weighted by atomic mass is 10.1. The number of rotatable bonds is 2. The summed E-state index contributed by atoms with van der Waals surface area (Å²) in [4.78, 5) is 5.59. The lowest BCUT2D eigenvalue weighted by Gasteiger charge is -1.96. The minimum atomic E-state index is 1.08. The Balaban J connectivity index is 1.60. The molecule has 0 saturated heterocycles. The van der Waals surface area contributed by atoms with Crippen molar-refractivity contribution in [3.8, 4) is 0 Å². The van der Waals surface area contributed by atoms with E-state index >= 15 is 0 Å². The first kappa shape index (κ1) is 15.5. The van der Waals surface area contributed by atoms with Crippen molar-refractivity contribution >= 4 is 60.4 Å². The molecule has 3 heterocycles. The summed E-state index contributed by atoms with van der Waals surface area (Å²) in [6, 6.07) is 33.1. The zero-order valence-electron chi connectivity index (χ0n) is 14.9. The highest BCUT2D eigenvalue weighted by Crippen LogP contribution is 2.38. The Morgan fingerprint density at radius 3 is 2.25 bits per heavy atom. The average molecular weight is 377 g/mol. The monoisotopic (exact) mass is 377 g/mol. The summed E-state index contributed by atoms with van der Waals surface area (Å²) < 4.78 is 5.50. The van der Waals surface area contributed by atoms with Gasteiger partial charge < -0.3 is 0 Å². The molecule has 0 spiro atoms. The summed E-state index contributed by atoms with van der Waals surface area (Å²) >= 11 is 1.73. The van der Waals surface area contributed by atoms with Crippen molar-refractivity contribution in [2.75, 3.05) is 0 Å². The number of nitrogens with zero attached hydrogens (tertiary/aromatic N) is 3. The fourth-order valence-electron chi connectivity index (χ4n) is 3.76. The van der Waals surface area contributed by atoms with E-state index in [1.807, 2.05) is 18.3 Å². The molecule has 6 rings (SSSR count). The Labute approximate surface area is 165 Å². The van der Waals surface area contributed by atoms with Gasteiger partial charge in [-0.05, 0) is 27.4 Å². The van der Waals surface area contributed by atoms with E-state index in [1.165, 1.54) is 15.5 Å². The molecule has 0 aliphatic carbocycles. The highest BCUT2D eigenvalue weighted by molar-refractivity contribution is 7.25. The van der Waals surface area contributed by atoms with Gasteiger partial charge in [0.1, 0.15) is 4.83 Å². The normalized spacial score (nSPS) is 12.9. The van der Waals surface area contributed by atoms with Gasteiger partial charge >= 0.3 is 6.01 Å². The third-order valence-corrected chi connectivity index (χ3v) is 6.15. The molecular formula is C24H15N3S+2. The highest BCUT2D eigenvalue weighted by Gasteiger charge is 2.35. The molecule has 0 amide bonds. The number of hydrogen-bond donors (Lipinski definition) is 0. The minimum Gasteiger partial charge on any atom is -0.245 e. The third kappa shape index (κ3) is 2.26. The maximum atomic E-state index is 4.51. The lowest BCUT2D eigenvalue weighted by Crippen LogP contribution is -2.00. The van der Waals surface area contributed by atoms with Gasteiger partial charge in [-0.2, -0.15) is 0 Å². The van der Waals surface area contributed by atoms with E-state index in [2.05, 4.69) is 92.9 Å². The summed E-state index contributed by atoms with van der Waals surface area (Å²) in [5.74, 6) is 0. The summed E-state index contributed by atoms with van der Waals surface area (Å²) in [6.07, 6.45) is 1.86. The van der Waals surface area contributed by atoms with Crippen molar-refractivity contribution in [3.63, 3.8) is 0 Å². The van der Waals surface area contributed by atoms with Crippen LogP contribution in [0.1, 0.15) is 0 Å². The minimum absolute atomic E-state index is 1.08. The Morgan fingerprint density at radius 2 is 1.43 bits per heavy atom. The van der Waals surface area contributed by atoms with Crippen LogP contribution >= 0.6 is 11.3 Å². The first-order chi connectivity index (χ1) is 13.9.